The number of nitrogens with zero attached hydrogens (tertiary/aromatic N) is 3. The smallest absolute Gasteiger partial charge is 0.227 e. The summed E-state index contributed by atoms with van der Waals surface area (Å²) in [6.07, 6.45) is 5.66. The third kappa shape index (κ3) is 3.92. The lowest BCUT2D eigenvalue weighted by Crippen LogP contribution is -2.39. The molecule has 2 atom stereocenters. The summed E-state index contributed by atoms with van der Waals surface area (Å²) >= 11 is 0. The summed E-state index contributed by atoms with van der Waals surface area (Å²) in [4.78, 5) is 20.5. The van der Waals surface area contributed by atoms with Gasteiger partial charge in [-0.25, -0.2) is 0 Å². The van der Waals surface area contributed by atoms with Crippen molar-refractivity contribution in [1.82, 2.24) is 20.4 Å². The molecule has 122 valence electrons. The minimum atomic E-state index is 0.00735. The molecule has 1 amide bonds. The van der Waals surface area contributed by atoms with Gasteiger partial charge in [0.1, 0.15) is 5.69 Å². The summed E-state index contributed by atoms with van der Waals surface area (Å²) in [6.45, 7) is 0.627. The Morgan fingerprint density at radius 2 is 2.30 bits per heavy atom. The number of carbonyl (C=O) groups excluding carboxylic acids is 1. The molecule has 0 aliphatic heterocycles. The van der Waals surface area contributed by atoms with Crippen molar-refractivity contribution in [1.29, 1.82) is 0 Å². The molecule has 1 fully saturated rings. The van der Waals surface area contributed by atoms with Crippen molar-refractivity contribution in [2.24, 2.45) is 11.7 Å². The van der Waals surface area contributed by atoms with Crippen molar-refractivity contribution < 1.29 is 9.32 Å². The fourth-order valence-electron chi connectivity index (χ4n) is 2.96. The number of amides is 1. The predicted molar refractivity (Wildman–Crippen MR) is 84.2 cm³/mol. The Bertz CT molecular complexity index is 643. The van der Waals surface area contributed by atoms with Crippen molar-refractivity contribution in [3.63, 3.8) is 0 Å². The topological polar surface area (TPSA) is 107 Å². The molecule has 7 heteroatoms. The number of aryl methyl sites for hydroxylation is 1. The molecule has 2 aromatic heterocycles. The van der Waals surface area contributed by atoms with Gasteiger partial charge in [-0.15, -0.1) is 0 Å². The molecule has 2 unspecified atom stereocenters. The standard InChI is InChI=1S/C16H21N5O2/c17-10-11-4-3-6-12(11)19-14(22)7-8-15-20-16(21-23-15)13-5-1-2-9-18-13/h1-2,5,9,11-12H,3-4,6-8,10,17H2,(H,19,22). The van der Waals surface area contributed by atoms with Crippen LogP contribution in [0.25, 0.3) is 11.5 Å². The molecule has 3 N–H and O–H groups in total. The third-order valence-corrected chi connectivity index (χ3v) is 4.24. The van der Waals surface area contributed by atoms with Crippen LogP contribution in [0.15, 0.2) is 28.9 Å². The highest BCUT2D eigenvalue weighted by molar-refractivity contribution is 5.76. The highest BCUT2D eigenvalue weighted by Gasteiger charge is 2.27. The fraction of sp³-hybridized carbons (Fsp3) is 0.500. The lowest BCUT2D eigenvalue weighted by atomic mass is 10.0. The number of aromatic nitrogens is 3. The van der Waals surface area contributed by atoms with E-state index in [0.29, 0.717) is 42.7 Å². The van der Waals surface area contributed by atoms with Crippen LogP contribution in [-0.4, -0.2) is 33.6 Å². The zero-order valence-corrected chi connectivity index (χ0v) is 12.9. The number of nitrogens with one attached hydrogen (secondary N) is 1. The van der Waals surface area contributed by atoms with Gasteiger partial charge in [0.25, 0.3) is 0 Å². The monoisotopic (exact) mass is 315 g/mol. The average molecular weight is 315 g/mol. The molecular weight excluding hydrogens is 294 g/mol. The second-order valence-electron chi connectivity index (χ2n) is 5.83. The summed E-state index contributed by atoms with van der Waals surface area (Å²) < 4.78 is 5.18. The number of carbonyl (C=O) groups is 1. The first kappa shape index (κ1) is 15.6. The molecule has 1 saturated carbocycles. The minimum absolute atomic E-state index is 0.00735. The van der Waals surface area contributed by atoms with Crippen LogP contribution in [0.2, 0.25) is 0 Å². The van der Waals surface area contributed by atoms with Crippen LogP contribution in [0.5, 0.6) is 0 Å². The molecule has 0 aromatic carbocycles. The largest absolute Gasteiger partial charge is 0.353 e. The van der Waals surface area contributed by atoms with E-state index >= 15 is 0 Å². The molecule has 3 rings (SSSR count). The van der Waals surface area contributed by atoms with Crippen molar-refractivity contribution >= 4 is 5.91 Å². The Morgan fingerprint density at radius 1 is 1.39 bits per heavy atom. The van der Waals surface area contributed by atoms with Gasteiger partial charge < -0.3 is 15.6 Å². The second kappa shape index (κ2) is 7.32. The summed E-state index contributed by atoms with van der Waals surface area (Å²) in [7, 11) is 0. The van der Waals surface area contributed by atoms with Crippen LogP contribution in [0.4, 0.5) is 0 Å². The maximum absolute atomic E-state index is 12.1. The number of nitrogens with two attached hydrogens (primary N) is 1. The van der Waals surface area contributed by atoms with Gasteiger partial charge in [0.05, 0.1) is 0 Å². The molecule has 2 aromatic rings. The molecule has 1 aliphatic rings. The molecule has 0 saturated heterocycles. The van der Waals surface area contributed by atoms with Gasteiger partial charge in [0.15, 0.2) is 0 Å². The van der Waals surface area contributed by atoms with E-state index in [1.54, 1.807) is 6.20 Å². The highest BCUT2D eigenvalue weighted by atomic mass is 16.5. The van der Waals surface area contributed by atoms with E-state index in [2.05, 4.69) is 20.4 Å². The summed E-state index contributed by atoms with van der Waals surface area (Å²) in [6, 6.07) is 5.71. The van der Waals surface area contributed by atoms with E-state index in [1.165, 1.54) is 0 Å². The van der Waals surface area contributed by atoms with E-state index in [-0.39, 0.29) is 11.9 Å². The van der Waals surface area contributed by atoms with Crippen molar-refractivity contribution in [3.8, 4) is 11.5 Å². The van der Waals surface area contributed by atoms with Crippen LogP contribution in [0.3, 0.4) is 0 Å². The lowest BCUT2D eigenvalue weighted by molar-refractivity contribution is -0.122. The molecule has 0 bridgehead atoms. The van der Waals surface area contributed by atoms with Gasteiger partial charge in [-0.1, -0.05) is 17.6 Å². The second-order valence-corrected chi connectivity index (χ2v) is 5.83. The normalized spacial score (nSPS) is 20.6. The molecule has 23 heavy (non-hydrogen) atoms. The maximum atomic E-state index is 12.1. The number of hydrogen-bond acceptors (Lipinski definition) is 6. The van der Waals surface area contributed by atoms with Crippen LogP contribution >= 0.6 is 0 Å². The lowest BCUT2D eigenvalue weighted by Gasteiger charge is -2.19. The van der Waals surface area contributed by atoms with E-state index in [0.717, 1.165) is 19.3 Å². The maximum Gasteiger partial charge on any atom is 0.227 e. The molecule has 0 spiro atoms. The summed E-state index contributed by atoms with van der Waals surface area (Å²) in [5.41, 5.74) is 6.39. The van der Waals surface area contributed by atoms with Crippen molar-refractivity contribution in [3.05, 3.63) is 30.3 Å². The molecule has 7 nitrogen and oxygen atoms in total. The quantitative estimate of drug-likeness (QED) is 0.832. The summed E-state index contributed by atoms with van der Waals surface area (Å²) in [5.74, 6) is 1.30. The molecule has 0 radical (unpaired) electrons. The number of hydrogen-bond donors (Lipinski definition) is 2. The van der Waals surface area contributed by atoms with Gasteiger partial charge in [0, 0.05) is 25.1 Å². The van der Waals surface area contributed by atoms with Gasteiger partial charge in [0.2, 0.25) is 17.6 Å². The first-order valence-electron chi connectivity index (χ1n) is 7.99. The molecular formula is C16H21N5O2. The van der Waals surface area contributed by atoms with Gasteiger partial charge in [-0.2, -0.15) is 4.98 Å². The van der Waals surface area contributed by atoms with Gasteiger partial charge in [-0.3, -0.25) is 9.78 Å². The molecule has 2 heterocycles. The van der Waals surface area contributed by atoms with E-state index in [1.807, 2.05) is 18.2 Å². The Labute approximate surface area is 134 Å². The first-order valence-corrected chi connectivity index (χ1v) is 7.99. The van der Waals surface area contributed by atoms with E-state index < -0.39 is 0 Å². The van der Waals surface area contributed by atoms with Crippen LogP contribution in [0, 0.1) is 5.92 Å². The Hall–Kier alpha value is -2.28. The van der Waals surface area contributed by atoms with E-state index in [4.69, 9.17) is 10.3 Å². The Balaban J connectivity index is 1.51. The van der Waals surface area contributed by atoms with Crippen molar-refractivity contribution in [2.45, 2.75) is 38.1 Å². The predicted octanol–water partition coefficient (Wildman–Crippen LogP) is 1.31. The molecule has 1 aliphatic carbocycles. The van der Waals surface area contributed by atoms with Crippen LogP contribution < -0.4 is 11.1 Å². The zero-order valence-electron chi connectivity index (χ0n) is 12.9. The van der Waals surface area contributed by atoms with Crippen LogP contribution in [-0.2, 0) is 11.2 Å². The Morgan fingerprint density at radius 3 is 3.09 bits per heavy atom. The Kier molecular flexibility index (Phi) is 4.97. The number of rotatable bonds is 6. The minimum Gasteiger partial charge on any atom is -0.353 e. The van der Waals surface area contributed by atoms with Crippen LogP contribution in [0.1, 0.15) is 31.6 Å². The first-order chi connectivity index (χ1) is 11.3. The third-order valence-electron chi connectivity index (χ3n) is 4.24. The zero-order chi connectivity index (χ0) is 16.1. The SMILES string of the molecule is NCC1CCCC1NC(=O)CCc1nc(-c2ccccn2)no1. The van der Waals surface area contributed by atoms with Gasteiger partial charge in [-0.05, 0) is 37.4 Å². The number of pyridine rings is 1. The van der Waals surface area contributed by atoms with Crippen molar-refractivity contribution in [2.75, 3.05) is 6.54 Å². The highest BCUT2D eigenvalue weighted by Crippen LogP contribution is 2.24. The van der Waals surface area contributed by atoms with Gasteiger partial charge >= 0.3 is 0 Å². The van der Waals surface area contributed by atoms with E-state index in [9.17, 15) is 4.79 Å². The fourth-order valence-corrected chi connectivity index (χ4v) is 2.96. The summed E-state index contributed by atoms with van der Waals surface area (Å²) in [5, 5.41) is 6.96. The average Bonchev–Trinajstić information content (AvgIpc) is 3.23.